The summed E-state index contributed by atoms with van der Waals surface area (Å²) < 4.78 is 0. The maximum atomic E-state index is 11.9. The molecular formula is C13H14N4O3. The van der Waals surface area contributed by atoms with Crippen molar-refractivity contribution in [1.82, 2.24) is 20.7 Å². The molecule has 7 nitrogen and oxygen atoms in total. The number of carbonyl (C=O) groups is 1. The molecule has 7 heteroatoms. The van der Waals surface area contributed by atoms with E-state index < -0.39 is 11.5 Å². The second-order valence-corrected chi connectivity index (χ2v) is 4.22. The predicted molar refractivity (Wildman–Crippen MR) is 70.8 cm³/mol. The SMILES string of the molecule is Cc1n[nH]c(=O)c(C(=O)NOCc2cccnc2)c1C. The summed E-state index contributed by atoms with van der Waals surface area (Å²) in [5, 5.41) is 6.05. The van der Waals surface area contributed by atoms with E-state index in [1.54, 1.807) is 32.3 Å². The Kier molecular flexibility index (Phi) is 4.21. The van der Waals surface area contributed by atoms with Crippen molar-refractivity contribution in [2.24, 2.45) is 0 Å². The normalized spacial score (nSPS) is 10.3. The Morgan fingerprint density at radius 2 is 2.25 bits per heavy atom. The van der Waals surface area contributed by atoms with Crippen molar-refractivity contribution in [1.29, 1.82) is 0 Å². The van der Waals surface area contributed by atoms with Crippen molar-refractivity contribution in [3.05, 3.63) is 57.3 Å². The molecule has 2 rings (SSSR count). The predicted octanol–water partition coefficient (Wildman–Crippen LogP) is 0.643. The molecule has 104 valence electrons. The quantitative estimate of drug-likeness (QED) is 0.798. The standard InChI is InChI=1S/C13H14N4O3/c1-8-9(2)15-16-12(18)11(8)13(19)17-20-7-10-4-3-5-14-6-10/h3-6H,7H2,1-2H3,(H,16,18)(H,17,19). The maximum absolute atomic E-state index is 11.9. The average Bonchev–Trinajstić information content (AvgIpc) is 2.44. The lowest BCUT2D eigenvalue weighted by atomic mass is 10.1. The second kappa shape index (κ2) is 6.07. The molecule has 1 amide bonds. The molecule has 0 saturated carbocycles. The van der Waals surface area contributed by atoms with Crippen LogP contribution in [0.5, 0.6) is 0 Å². The van der Waals surface area contributed by atoms with Gasteiger partial charge in [0, 0.05) is 12.4 Å². The molecule has 2 heterocycles. The van der Waals surface area contributed by atoms with Gasteiger partial charge in [0.1, 0.15) is 12.2 Å². The van der Waals surface area contributed by atoms with Crippen molar-refractivity contribution in [2.75, 3.05) is 0 Å². The lowest BCUT2D eigenvalue weighted by molar-refractivity contribution is 0.0230. The van der Waals surface area contributed by atoms with Gasteiger partial charge in [-0.2, -0.15) is 5.10 Å². The number of aryl methyl sites for hydroxylation is 1. The van der Waals surface area contributed by atoms with E-state index in [9.17, 15) is 9.59 Å². The summed E-state index contributed by atoms with van der Waals surface area (Å²) in [6.07, 6.45) is 3.27. The molecule has 20 heavy (non-hydrogen) atoms. The fourth-order valence-electron chi connectivity index (χ4n) is 1.62. The Morgan fingerprint density at radius 1 is 1.45 bits per heavy atom. The van der Waals surface area contributed by atoms with Crippen molar-refractivity contribution < 1.29 is 9.63 Å². The van der Waals surface area contributed by atoms with Crippen molar-refractivity contribution in [3.63, 3.8) is 0 Å². The Morgan fingerprint density at radius 3 is 2.95 bits per heavy atom. The largest absolute Gasteiger partial charge is 0.280 e. The molecule has 0 spiro atoms. The van der Waals surface area contributed by atoms with E-state index in [2.05, 4.69) is 20.7 Å². The van der Waals surface area contributed by atoms with Gasteiger partial charge in [-0.3, -0.25) is 19.4 Å². The minimum Gasteiger partial charge on any atom is -0.269 e. The number of nitrogens with zero attached hydrogens (tertiary/aromatic N) is 2. The van der Waals surface area contributed by atoms with Crippen molar-refractivity contribution >= 4 is 5.91 Å². The minimum absolute atomic E-state index is 0.00341. The lowest BCUT2D eigenvalue weighted by Gasteiger charge is -2.08. The second-order valence-electron chi connectivity index (χ2n) is 4.22. The van der Waals surface area contributed by atoms with Gasteiger partial charge in [-0.1, -0.05) is 6.07 Å². The third kappa shape index (κ3) is 3.07. The molecule has 2 aromatic rings. The number of aromatic nitrogens is 3. The molecule has 0 radical (unpaired) electrons. The van der Waals surface area contributed by atoms with Crippen molar-refractivity contribution in [2.45, 2.75) is 20.5 Å². The highest BCUT2D eigenvalue weighted by molar-refractivity contribution is 5.94. The van der Waals surface area contributed by atoms with Gasteiger partial charge in [-0.15, -0.1) is 0 Å². The summed E-state index contributed by atoms with van der Waals surface area (Å²) in [4.78, 5) is 32.5. The van der Waals surface area contributed by atoms with Crippen LogP contribution >= 0.6 is 0 Å². The van der Waals surface area contributed by atoms with Gasteiger partial charge >= 0.3 is 0 Å². The smallest absolute Gasteiger partial charge is 0.269 e. The van der Waals surface area contributed by atoms with Crippen LogP contribution in [-0.4, -0.2) is 21.1 Å². The van der Waals surface area contributed by atoms with Crippen LogP contribution in [0.2, 0.25) is 0 Å². The number of H-pyrrole nitrogens is 1. The maximum Gasteiger partial charge on any atom is 0.280 e. The topological polar surface area (TPSA) is 97.0 Å². The first-order valence-corrected chi connectivity index (χ1v) is 5.96. The highest BCUT2D eigenvalue weighted by Crippen LogP contribution is 2.05. The number of hydroxylamine groups is 1. The van der Waals surface area contributed by atoms with E-state index in [4.69, 9.17) is 4.84 Å². The van der Waals surface area contributed by atoms with Crippen LogP contribution < -0.4 is 11.0 Å². The first-order chi connectivity index (χ1) is 9.59. The summed E-state index contributed by atoms with van der Waals surface area (Å²) in [5.74, 6) is -0.599. The molecule has 0 aliphatic heterocycles. The highest BCUT2D eigenvalue weighted by Gasteiger charge is 2.16. The van der Waals surface area contributed by atoms with E-state index in [0.717, 1.165) is 5.56 Å². The van der Waals surface area contributed by atoms with Gasteiger partial charge in [0.05, 0.1) is 5.69 Å². The molecule has 0 atom stereocenters. The Labute approximate surface area is 115 Å². The molecule has 0 unspecified atom stereocenters. The number of nitrogens with one attached hydrogen (secondary N) is 2. The Hall–Kier alpha value is -2.54. The first-order valence-electron chi connectivity index (χ1n) is 5.96. The Balaban J connectivity index is 2.03. The van der Waals surface area contributed by atoms with Crippen LogP contribution in [0, 0.1) is 13.8 Å². The molecule has 0 fully saturated rings. The lowest BCUT2D eigenvalue weighted by Crippen LogP contribution is -2.31. The summed E-state index contributed by atoms with van der Waals surface area (Å²) in [6, 6.07) is 3.58. The van der Waals surface area contributed by atoms with Gasteiger partial charge in [0.15, 0.2) is 0 Å². The van der Waals surface area contributed by atoms with E-state index in [-0.39, 0.29) is 12.2 Å². The molecular weight excluding hydrogens is 260 g/mol. The fourth-order valence-corrected chi connectivity index (χ4v) is 1.62. The number of amides is 1. The van der Waals surface area contributed by atoms with Crippen LogP contribution in [-0.2, 0) is 11.4 Å². The molecule has 0 bridgehead atoms. The number of hydrogen-bond donors (Lipinski definition) is 2. The van der Waals surface area contributed by atoms with Crippen LogP contribution in [0.15, 0.2) is 29.3 Å². The summed E-state index contributed by atoms with van der Waals surface area (Å²) in [6.45, 7) is 3.53. The summed E-state index contributed by atoms with van der Waals surface area (Å²) in [5.41, 5.74) is 3.62. The molecule has 2 N–H and O–H groups in total. The van der Waals surface area contributed by atoms with Crippen LogP contribution in [0.4, 0.5) is 0 Å². The van der Waals surface area contributed by atoms with E-state index in [1.807, 2.05) is 6.07 Å². The summed E-state index contributed by atoms with van der Waals surface area (Å²) in [7, 11) is 0. The Bertz CT molecular complexity index is 667. The molecule has 0 aromatic carbocycles. The molecule has 2 aromatic heterocycles. The highest BCUT2D eigenvalue weighted by atomic mass is 16.6. The zero-order valence-corrected chi connectivity index (χ0v) is 11.1. The van der Waals surface area contributed by atoms with Crippen LogP contribution in [0.1, 0.15) is 27.2 Å². The summed E-state index contributed by atoms with van der Waals surface area (Å²) >= 11 is 0. The van der Waals surface area contributed by atoms with Gasteiger partial charge in [0.2, 0.25) is 0 Å². The zero-order chi connectivity index (χ0) is 14.5. The number of carbonyl (C=O) groups excluding carboxylic acids is 1. The van der Waals surface area contributed by atoms with E-state index in [0.29, 0.717) is 11.3 Å². The van der Waals surface area contributed by atoms with Crippen LogP contribution in [0.25, 0.3) is 0 Å². The number of pyridine rings is 1. The van der Waals surface area contributed by atoms with E-state index >= 15 is 0 Å². The van der Waals surface area contributed by atoms with Gasteiger partial charge < -0.3 is 0 Å². The average molecular weight is 274 g/mol. The molecule has 0 saturated heterocycles. The molecule has 0 aliphatic rings. The van der Waals surface area contributed by atoms with Gasteiger partial charge in [-0.25, -0.2) is 10.6 Å². The van der Waals surface area contributed by atoms with Crippen LogP contribution in [0.3, 0.4) is 0 Å². The fraction of sp³-hybridized carbons (Fsp3) is 0.231. The third-order valence-electron chi connectivity index (χ3n) is 2.82. The number of aromatic amines is 1. The number of hydrogen-bond acceptors (Lipinski definition) is 5. The first kappa shape index (κ1) is 13.9. The molecule has 0 aliphatic carbocycles. The number of rotatable bonds is 4. The zero-order valence-electron chi connectivity index (χ0n) is 11.1. The van der Waals surface area contributed by atoms with Crippen molar-refractivity contribution in [3.8, 4) is 0 Å². The monoisotopic (exact) mass is 274 g/mol. The van der Waals surface area contributed by atoms with E-state index in [1.165, 1.54) is 0 Å². The third-order valence-corrected chi connectivity index (χ3v) is 2.82. The van der Waals surface area contributed by atoms with Gasteiger partial charge in [-0.05, 0) is 31.0 Å². The minimum atomic E-state index is -0.599. The van der Waals surface area contributed by atoms with Gasteiger partial charge in [0.25, 0.3) is 11.5 Å².